The van der Waals surface area contributed by atoms with Crippen molar-refractivity contribution in [2.45, 2.75) is 84.0 Å². The molecule has 0 aromatic heterocycles. The van der Waals surface area contributed by atoms with E-state index >= 15 is 0 Å². The van der Waals surface area contributed by atoms with Crippen LogP contribution < -0.4 is 0 Å². The van der Waals surface area contributed by atoms with Crippen LogP contribution in [0.25, 0.3) is 0 Å². The first-order valence-electron chi connectivity index (χ1n) is 7.85. The maximum Gasteiger partial charge on any atom is 0.133 e. The Morgan fingerprint density at radius 2 is 1.32 bits per heavy atom. The quantitative estimate of drug-likeness (QED) is 0.327. The number of allylic oxidation sites excluding steroid dienone is 1. The van der Waals surface area contributed by atoms with E-state index in [2.05, 4.69) is 13.5 Å². The zero-order chi connectivity index (χ0) is 14.3. The molecule has 0 fully saturated rings. The van der Waals surface area contributed by atoms with Gasteiger partial charge in [-0.3, -0.25) is 9.59 Å². The summed E-state index contributed by atoms with van der Waals surface area (Å²) in [6.07, 6.45) is 13.0. The van der Waals surface area contributed by atoms with Gasteiger partial charge in [0.05, 0.1) is 0 Å². The number of carbonyl (C=O) groups excluding carboxylic acids is 2. The van der Waals surface area contributed by atoms with Gasteiger partial charge in [-0.05, 0) is 25.7 Å². The van der Waals surface area contributed by atoms with Crippen molar-refractivity contribution >= 4 is 11.6 Å². The topological polar surface area (TPSA) is 34.1 Å². The van der Waals surface area contributed by atoms with Crippen molar-refractivity contribution in [3.63, 3.8) is 0 Å². The summed E-state index contributed by atoms with van der Waals surface area (Å²) in [7, 11) is 0. The monoisotopic (exact) mass is 266 g/mol. The SMILES string of the molecule is C=CCCCCCCCC(=O)CCC(=O)CCCC. The minimum Gasteiger partial charge on any atom is -0.300 e. The third kappa shape index (κ3) is 13.3. The molecule has 0 aliphatic carbocycles. The van der Waals surface area contributed by atoms with Gasteiger partial charge in [-0.1, -0.05) is 38.7 Å². The third-order valence-electron chi connectivity index (χ3n) is 3.36. The van der Waals surface area contributed by atoms with E-state index in [0.29, 0.717) is 25.7 Å². The highest BCUT2D eigenvalue weighted by atomic mass is 16.1. The number of hydrogen-bond acceptors (Lipinski definition) is 2. The third-order valence-corrected chi connectivity index (χ3v) is 3.36. The van der Waals surface area contributed by atoms with Crippen molar-refractivity contribution in [2.75, 3.05) is 0 Å². The summed E-state index contributed by atoms with van der Waals surface area (Å²) in [5.41, 5.74) is 0. The van der Waals surface area contributed by atoms with E-state index in [-0.39, 0.29) is 11.6 Å². The Morgan fingerprint density at radius 3 is 1.89 bits per heavy atom. The fourth-order valence-corrected chi connectivity index (χ4v) is 2.04. The zero-order valence-corrected chi connectivity index (χ0v) is 12.6. The molecule has 0 rings (SSSR count). The minimum atomic E-state index is 0.250. The highest BCUT2D eigenvalue weighted by molar-refractivity contribution is 5.85. The van der Waals surface area contributed by atoms with E-state index in [1.54, 1.807) is 0 Å². The van der Waals surface area contributed by atoms with Crippen LogP contribution in [0.1, 0.15) is 84.0 Å². The van der Waals surface area contributed by atoms with Gasteiger partial charge in [0.2, 0.25) is 0 Å². The summed E-state index contributed by atoms with van der Waals surface area (Å²) >= 11 is 0. The highest BCUT2D eigenvalue weighted by Gasteiger charge is 2.06. The smallest absolute Gasteiger partial charge is 0.133 e. The molecule has 0 aliphatic rings. The van der Waals surface area contributed by atoms with Crippen molar-refractivity contribution in [1.82, 2.24) is 0 Å². The molecule has 0 unspecified atom stereocenters. The standard InChI is InChI=1S/C17H30O2/c1-3-5-7-8-9-10-11-13-17(19)15-14-16(18)12-6-4-2/h3H,1,4-15H2,2H3. The van der Waals surface area contributed by atoms with Gasteiger partial charge < -0.3 is 0 Å². The van der Waals surface area contributed by atoms with Crippen LogP contribution in [0.2, 0.25) is 0 Å². The molecular formula is C17H30O2. The van der Waals surface area contributed by atoms with Crippen LogP contribution in [0.5, 0.6) is 0 Å². The number of unbranched alkanes of at least 4 members (excludes halogenated alkanes) is 6. The molecule has 19 heavy (non-hydrogen) atoms. The summed E-state index contributed by atoms with van der Waals surface area (Å²) in [4.78, 5) is 23.0. The van der Waals surface area contributed by atoms with Crippen LogP contribution in [-0.4, -0.2) is 11.6 Å². The van der Waals surface area contributed by atoms with Crippen molar-refractivity contribution in [3.05, 3.63) is 12.7 Å². The van der Waals surface area contributed by atoms with E-state index in [1.807, 2.05) is 6.08 Å². The van der Waals surface area contributed by atoms with E-state index in [0.717, 1.165) is 32.1 Å². The lowest BCUT2D eigenvalue weighted by Crippen LogP contribution is -2.04. The van der Waals surface area contributed by atoms with Gasteiger partial charge in [-0.2, -0.15) is 0 Å². The molecule has 0 aromatic rings. The summed E-state index contributed by atoms with van der Waals surface area (Å²) < 4.78 is 0. The number of carbonyl (C=O) groups is 2. The molecule has 0 aromatic carbocycles. The second-order valence-electron chi connectivity index (χ2n) is 5.28. The Labute approximate surface area is 118 Å². The van der Waals surface area contributed by atoms with Gasteiger partial charge >= 0.3 is 0 Å². The van der Waals surface area contributed by atoms with Crippen molar-refractivity contribution in [2.24, 2.45) is 0 Å². The largest absolute Gasteiger partial charge is 0.300 e. The number of Topliss-reactive ketones (excluding diaryl/α,β-unsaturated/α-hetero) is 2. The van der Waals surface area contributed by atoms with Crippen LogP contribution >= 0.6 is 0 Å². The maximum atomic E-state index is 11.6. The summed E-state index contributed by atoms with van der Waals surface area (Å²) in [5, 5.41) is 0. The highest BCUT2D eigenvalue weighted by Crippen LogP contribution is 2.10. The van der Waals surface area contributed by atoms with Crippen molar-refractivity contribution in [3.8, 4) is 0 Å². The fourth-order valence-electron chi connectivity index (χ4n) is 2.04. The van der Waals surface area contributed by atoms with Gasteiger partial charge in [0.15, 0.2) is 0 Å². The Balaban J connectivity index is 3.34. The zero-order valence-electron chi connectivity index (χ0n) is 12.6. The first-order chi connectivity index (χ1) is 9.20. The van der Waals surface area contributed by atoms with Crippen LogP contribution in [0.15, 0.2) is 12.7 Å². The molecule has 0 aliphatic heterocycles. The lowest BCUT2D eigenvalue weighted by Gasteiger charge is -2.02. The second kappa shape index (κ2) is 13.5. The van der Waals surface area contributed by atoms with E-state index < -0.39 is 0 Å². The Hall–Kier alpha value is -0.920. The van der Waals surface area contributed by atoms with Crippen molar-refractivity contribution in [1.29, 1.82) is 0 Å². The molecular weight excluding hydrogens is 236 g/mol. The normalized spacial score (nSPS) is 10.4. The summed E-state index contributed by atoms with van der Waals surface area (Å²) in [6.45, 7) is 5.78. The molecule has 0 radical (unpaired) electrons. The fraction of sp³-hybridized carbons (Fsp3) is 0.765. The molecule has 2 heteroatoms. The molecule has 0 spiro atoms. The van der Waals surface area contributed by atoms with E-state index in [4.69, 9.17) is 0 Å². The molecule has 0 saturated carbocycles. The van der Waals surface area contributed by atoms with Gasteiger partial charge in [0.1, 0.15) is 11.6 Å². The van der Waals surface area contributed by atoms with Crippen LogP contribution in [0, 0.1) is 0 Å². The molecule has 0 bridgehead atoms. The number of ketones is 2. The molecule has 0 saturated heterocycles. The van der Waals surface area contributed by atoms with Crippen LogP contribution in [0.3, 0.4) is 0 Å². The lowest BCUT2D eigenvalue weighted by atomic mass is 10.0. The number of hydrogen-bond donors (Lipinski definition) is 0. The lowest BCUT2D eigenvalue weighted by molar-refractivity contribution is -0.124. The average Bonchev–Trinajstić information content (AvgIpc) is 2.41. The molecule has 0 heterocycles. The van der Waals surface area contributed by atoms with E-state index in [9.17, 15) is 9.59 Å². The van der Waals surface area contributed by atoms with Crippen LogP contribution in [0.4, 0.5) is 0 Å². The minimum absolute atomic E-state index is 0.250. The first-order valence-corrected chi connectivity index (χ1v) is 7.85. The average molecular weight is 266 g/mol. The predicted molar refractivity (Wildman–Crippen MR) is 81.3 cm³/mol. The van der Waals surface area contributed by atoms with E-state index in [1.165, 1.54) is 19.3 Å². The molecule has 110 valence electrons. The molecule has 0 amide bonds. The molecule has 2 nitrogen and oxygen atoms in total. The Kier molecular flexibility index (Phi) is 12.9. The second-order valence-corrected chi connectivity index (χ2v) is 5.28. The van der Waals surface area contributed by atoms with Gasteiger partial charge in [0.25, 0.3) is 0 Å². The van der Waals surface area contributed by atoms with Crippen molar-refractivity contribution < 1.29 is 9.59 Å². The first kappa shape index (κ1) is 18.1. The number of rotatable bonds is 14. The Morgan fingerprint density at radius 1 is 0.789 bits per heavy atom. The maximum absolute atomic E-state index is 11.6. The Bertz CT molecular complexity index is 256. The molecule has 0 N–H and O–H groups in total. The predicted octanol–water partition coefficient (Wildman–Crippen LogP) is 5.01. The van der Waals surface area contributed by atoms with Gasteiger partial charge in [0, 0.05) is 25.7 Å². The van der Waals surface area contributed by atoms with Gasteiger partial charge in [-0.25, -0.2) is 0 Å². The van der Waals surface area contributed by atoms with Gasteiger partial charge in [-0.15, -0.1) is 6.58 Å². The summed E-state index contributed by atoms with van der Waals surface area (Å²) in [6, 6.07) is 0. The van der Waals surface area contributed by atoms with Crippen LogP contribution in [-0.2, 0) is 9.59 Å². The molecule has 0 atom stereocenters. The summed E-state index contributed by atoms with van der Waals surface area (Å²) in [5.74, 6) is 0.510.